The summed E-state index contributed by atoms with van der Waals surface area (Å²) >= 11 is 0. The van der Waals surface area contributed by atoms with Gasteiger partial charge >= 0.3 is 0 Å². The normalized spacial score (nSPS) is 9.31. The molecule has 0 fully saturated rings. The number of nitrogens with two attached hydrogens (primary N) is 1. The second kappa shape index (κ2) is 3.71. The first-order valence-electron chi connectivity index (χ1n) is 3.78. The Morgan fingerprint density at radius 3 is 2.85 bits per heavy atom. The molecule has 0 atom stereocenters. The van der Waals surface area contributed by atoms with Gasteiger partial charge in [-0.3, -0.25) is 9.79 Å². The van der Waals surface area contributed by atoms with Gasteiger partial charge in [0.1, 0.15) is 5.69 Å². The highest BCUT2D eigenvalue weighted by Gasteiger charge is 2.04. The van der Waals surface area contributed by atoms with Gasteiger partial charge in [-0.2, -0.15) is 0 Å². The Morgan fingerprint density at radius 2 is 2.31 bits per heavy atom. The van der Waals surface area contributed by atoms with Crippen molar-refractivity contribution in [3.8, 4) is 0 Å². The fourth-order valence-corrected chi connectivity index (χ4v) is 1.03. The Hall–Kier alpha value is -1.84. The quantitative estimate of drug-likeness (QED) is 0.531. The average Bonchev–Trinajstić information content (AvgIpc) is 2.03. The first kappa shape index (κ1) is 9.25. The minimum atomic E-state index is -0.157. The van der Waals surface area contributed by atoms with E-state index >= 15 is 0 Å². The molecular weight excluding hydrogens is 166 g/mol. The van der Waals surface area contributed by atoms with Gasteiger partial charge in [-0.25, -0.2) is 0 Å². The summed E-state index contributed by atoms with van der Waals surface area (Å²) in [5.74, 6) is -0.157. The zero-order chi connectivity index (χ0) is 9.84. The Morgan fingerprint density at radius 1 is 1.62 bits per heavy atom. The number of carbonyl (C=O) groups excluding carboxylic acids is 1. The molecule has 3 N–H and O–H groups in total. The molecule has 0 aliphatic rings. The molecular formula is C9H11N3O. The van der Waals surface area contributed by atoms with Crippen molar-refractivity contribution in [2.45, 2.75) is 6.92 Å². The predicted molar refractivity (Wildman–Crippen MR) is 54.4 cm³/mol. The fourth-order valence-electron chi connectivity index (χ4n) is 1.03. The summed E-state index contributed by atoms with van der Waals surface area (Å²) in [5, 5.41) is 2.61. The summed E-state index contributed by atoms with van der Waals surface area (Å²) in [6, 6.07) is 5.17. The van der Waals surface area contributed by atoms with Gasteiger partial charge in [-0.15, -0.1) is 0 Å². The number of carbonyl (C=O) groups is 1. The maximum Gasteiger partial charge on any atom is 0.221 e. The number of benzene rings is 1. The molecule has 0 saturated heterocycles. The highest BCUT2D eigenvalue weighted by Crippen LogP contribution is 2.30. The van der Waals surface area contributed by atoms with Crippen molar-refractivity contribution in [3.63, 3.8) is 0 Å². The largest absolute Gasteiger partial charge is 0.397 e. The SMILES string of the molecule is C=Nc1c(N)cccc1NC(C)=O. The fraction of sp³-hybridized carbons (Fsp3) is 0.111. The smallest absolute Gasteiger partial charge is 0.221 e. The van der Waals surface area contributed by atoms with Crippen molar-refractivity contribution in [2.75, 3.05) is 11.1 Å². The Kier molecular flexibility index (Phi) is 2.64. The molecule has 0 spiro atoms. The van der Waals surface area contributed by atoms with E-state index in [9.17, 15) is 4.79 Å². The van der Waals surface area contributed by atoms with Crippen molar-refractivity contribution in [1.82, 2.24) is 0 Å². The third kappa shape index (κ3) is 2.05. The van der Waals surface area contributed by atoms with E-state index in [2.05, 4.69) is 17.0 Å². The lowest BCUT2D eigenvalue weighted by atomic mass is 10.2. The predicted octanol–water partition coefficient (Wildman–Crippen LogP) is 1.56. The van der Waals surface area contributed by atoms with Crippen LogP contribution < -0.4 is 11.1 Å². The van der Waals surface area contributed by atoms with Crippen molar-refractivity contribution in [2.24, 2.45) is 4.99 Å². The summed E-state index contributed by atoms with van der Waals surface area (Å²) in [6.45, 7) is 4.81. The van der Waals surface area contributed by atoms with Gasteiger partial charge in [0.25, 0.3) is 0 Å². The van der Waals surface area contributed by atoms with Gasteiger partial charge in [0.2, 0.25) is 5.91 Å². The molecule has 0 heterocycles. The molecule has 13 heavy (non-hydrogen) atoms. The molecule has 1 rings (SSSR count). The van der Waals surface area contributed by atoms with E-state index in [4.69, 9.17) is 5.73 Å². The minimum Gasteiger partial charge on any atom is -0.397 e. The van der Waals surface area contributed by atoms with Gasteiger partial charge in [0, 0.05) is 6.92 Å². The summed E-state index contributed by atoms with van der Waals surface area (Å²) in [5.41, 5.74) is 7.22. The zero-order valence-electron chi connectivity index (χ0n) is 7.37. The lowest BCUT2D eigenvalue weighted by molar-refractivity contribution is -0.114. The van der Waals surface area contributed by atoms with Crippen molar-refractivity contribution in [1.29, 1.82) is 0 Å². The van der Waals surface area contributed by atoms with E-state index in [0.717, 1.165) is 0 Å². The lowest BCUT2D eigenvalue weighted by Gasteiger charge is -2.07. The molecule has 0 radical (unpaired) electrons. The Labute approximate surface area is 76.5 Å². The highest BCUT2D eigenvalue weighted by atomic mass is 16.1. The number of hydrogen-bond donors (Lipinski definition) is 2. The van der Waals surface area contributed by atoms with Crippen LogP contribution in [0.15, 0.2) is 23.2 Å². The van der Waals surface area contributed by atoms with Crippen LogP contribution in [0.3, 0.4) is 0 Å². The number of hydrogen-bond acceptors (Lipinski definition) is 3. The number of aliphatic imine (C=N–C) groups is 1. The first-order chi connectivity index (χ1) is 6.15. The average molecular weight is 177 g/mol. The molecule has 1 aromatic carbocycles. The van der Waals surface area contributed by atoms with Crippen LogP contribution in [-0.2, 0) is 4.79 Å². The van der Waals surface area contributed by atoms with Crippen LogP contribution in [-0.4, -0.2) is 12.6 Å². The maximum absolute atomic E-state index is 10.8. The van der Waals surface area contributed by atoms with Crippen LogP contribution in [0.2, 0.25) is 0 Å². The number of amides is 1. The molecule has 0 bridgehead atoms. The minimum absolute atomic E-state index is 0.157. The van der Waals surface area contributed by atoms with Crippen molar-refractivity contribution in [3.05, 3.63) is 18.2 Å². The summed E-state index contributed by atoms with van der Waals surface area (Å²) in [4.78, 5) is 14.5. The molecule has 1 amide bonds. The molecule has 4 nitrogen and oxygen atoms in total. The Bertz CT molecular complexity index is 347. The Balaban J connectivity index is 3.12. The maximum atomic E-state index is 10.8. The topological polar surface area (TPSA) is 67.5 Å². The number of nitrogens with one attached hydrogen (secondary N) is 1. The van der Waals surface area contributed by atoms with Gasteiger partial charge in [0.15, 0.2) is 0 Å². The van der Waals surface area contributed by atoms with Crippen molar-refractivity contribution < 1.29 is 4.79 Å². The van der Waals surface area contributed by atoms with Crippen LogP contribution in [0, 0.1) is 0 Å². The van der Waals surface area contributed by atoms with Gasteiger partial charge in [0.05, 0.1) is 11.4 Å². The van der Waals surface area contributed by atoms with E-state index in [1.165, 1.54) is 6.92 Å². The monoisotopic (exact) mass is 177 g/mol. The summed E-state index contributed by atoms with van der Waals surface area (Å²) in [6.07, 6.45) is 0. The van der Waals surface area contributed by atoms with E-state index < -0.39 is 0 Å². The molecule has 4 heteroatoms. The molecule has 0 aliphatic heterocycles. The number of rotatable bonds is 2. The van der Waals surface area contributed by atoms with Crippen LogP contribution >= 0.6 is 0 Å². The van der Waals surface area contributed by atoms with E-state index in [1.54, 1.807) is 18.2 Å². The van der Waals surface area contributed by atoms with Crippen LogP contribution in [0.1, 0.15) is 6.92 Å². The standard InChI is InChI=1S/C9H11N3O/c1-6(13)12-8-5-3-4-7(10)9(8)11-2/h3-5H,2,10H2,1H3,(H,12,13). The molecule has 1 aromatic rings. The zero-order valence-corrected chi connectivity index (χ0v) is 7.37. The molecule has 0 unspecified atom stereocenters. The van der Waals surface area contributed by atoms with E-state index in [1.807, 2.05) is 0 Å². The van der Waals surface area contributed by atoms with Gasteiger partial charge < -0.3 is 11.1 Å². The molecule has 0 aliphatic carbocycles. The van der Waals surface area contributed by atoms with Crippen LogP contribution in [0.5, 0.6) is 0 Å². The number of nitrogen functional groups attached to an aromatic ring is 1. The number of nitrogens with zero attached hydrogens (tertiary/aromatic N) is 1. The van der Waals surface area contributed by atoms with Crippen LogP contribution in [0.4, 0.5) is 17.1 Å². The molecule has 0 saturated carbocycles. The van der Waals surface area contributed by atoms with Gasteiger partial charge in [-0.05, 0) is 18.9 Å². The second-order valence-electron chi connectivity index (χ2n) is 2.58. The summed E-state index contributed by atoms with van der Waals surface area (Å²) < 4.78 is 0. The van der Waals surface area contributed by atoms with Crippen molar-refractivity contribution >= 4 is 29.7 Å². The third-order valence-electron chi connectivity index (χ3n) is 1.54. The highest BCUT2D eigenvalue weighted by molar-refractivity contribution is 5.94. The number of para-hydroxylation sites is 1. The molecule has 68 valence electrons. The van der Waals surface area contributed by atoms with E-state index in [-0.39, 0.29) is 5.91 Å². The van der Waals surface area contributed by atoms with Gasteiger partial charge in [-0.1, -0.05) is 6.07 Å². The third-order valence-corrected chi connectivity index (χ3v) is 1.54. The number of anilines is 2. The lowest BCUT2D eigenvalue weighted by Crippen LogP contribution is -2.06. The second-order valence-corrected chi connectivity index (χ2v) is 2.58. The first-order valence-corrected chi connectivity index (χ1v) is 3.78. The van der Waals surface area contributed by atoms with Crippen LogP contribution in [0.25, 0.3) is 0 Å². The van der Waals surface area contributed by atoms with E-state index in [0.29, 0.717) is 17.1 Å². The molecule has 0 aromatic heterocycles. The summed E-state index contributed by atoms with van der Waals surface area (Å²) in [7, 11) is 0.